The number of hydrogen-bond acceptors (Lipinski definition) is 3. The molecule has 5 nitrogen and oxygen atoms in total. The molecule has 1 aromatic rings. The molecular formula is C15H18N2O3. The molecule has 1 aromatic carbocycles. The number of Topliss-reactive ketones (excluding diaryl/α,β-unsaturated/α-hetero) is 1. The highest BCUT2D eigenvalue weighted by Crippen LogP contribution is 2.14. The molecule has 5 heteroatoms. The number of benzene rings is 1. The molecule has 1 rings (SSSR count). The second-order valence-electron chi connectivity index (χ2n) is 5.35. The second-order valence-corrected chi connectivity index (χ2v) is 5.35. The van der Waals surface area contributed by atoms with Gasteiger partial charge in [-0.1, -0.05) is 29.8 Å². The molecule has 0 saturated heterocycles. The quantitative estimate of drug-likeness (QED) is 0.859. The highest BCUT2D eigenvalue weighted by Gasteiger charge is 2.16. The minimum absolute atomic E-state index is 0.0862. The first kappa shape index (κ1) is 15.7. The molecule has 106 valence electrons. The fourth-order valence-electron chi connectivity index (χ4n) is 1.51. The predicted octanol–water partition coefficient (Wildman–Crippen LogP) is 2.87. The van der Waals surface area contributed by atoms with E-state index in [-0.39, 0.29) is 18.7 Å². The van der Waals surface area contributed by atoms with Gasteiger partial charge in [0.1, 0.15) is 5.60 Å². The lowest BCUT2D eigenvalue weighted by molar-refractivity contribution is -0.117. The molecule has 0 aliphatic heterocycles. The molecule has 0 bridgehead atoms. The van der Waals surface area contributed by atoms with Crippen LogP contribution in [0, 0.1) is 6.57 Å². The number of hydrogen-bond donors (Lipinski definition) is 1. The van der Waals surface area contributed by atoms with Crippen LogP contribution < -0.4 is 5.32 Å². The van der Waals surface area contributed by atoms with Gasteiger partial charge >= 0.3 is 6.09 Å². The van der Waals surface area contributed by atoms with E-state index < -0.39 is 11.7 Å². The number of alkyl carbamates (subject to hydrolysis) is 1. The van der Waals surface area contributed by atoms with Gasteiger partial charge in [0, 0.05) is 6.42 Å². The van der Waals surface area contributed by atoms with E-state index in [0.717, 1.165) is 5.56 Å². The molecule has 0 heterocycles. The van der Waals surface area contributed by atoms with Crippen LogP contribution in [0.1, 0.15) is 26.3 Å². The van der Waals surface area contributed by atoms with Crippen LogP contribution in [0.3, 0.4) is 0 Å². The molecule has 1 amide bonds. The van der Waals surface area contributed by atoms with Gasteiger partial charge in [-0.15, -0.1) is 0 Å². The molecule has 20 heavy (non-hydrogen) atoms. The molecule has 0 aliphatic rings. The third kappa shape index (κ3) is 6.01. The molecule has 0 spiro atoms. The van der Waals surface area contributed by atoms with E-state index in [2.05, 4.69) is 10.2 Å². The zero-order valence-corrected chi connectivity index (χ0v) is 11.9. The van der Waals surface area contributed by atoms with E-state index in [9.17, 15) is 9.59 Å². The minimum atomic E-state index is -0.610. The summed E-state index contributed by atoms with van der Waals surface area (Å²) in [6, 6.07) is 6.86. The molecule has 0 radical (unpaired) electrons. The Balaban J connectivity index is 2.44. The highest BCUT2D eigenvalue weighted by atomic mass is 16.6. The van der Waals surface area contributed by atoms with Crippen LogP contribution in [-0.2, 0) is 16.0 Å². The molecule has 0 unspecified atom stereocenters. The van der Waals surface area contributed by atoms with Gasteiger partial charge in [-0.25, -0.2) is 9.64 Å². The average Bonchev–Trinajstić information content (AvgIpc) is 2.34. The van der Waals surface area contributed by atoms with Gasteiger partial charge < -0.3 is 10.1 Å². The van der Waals surface area contributed by atoms with Crippen molar-refractivity contribution in [2.24, 2.45) is 0 Å². The topological polar surface area (TPSA) is 59.8 Å². The molecule has 0 fully saturated rings. The average molecular weight is 274 g/mol. The number of nitrogens with one attached hydrogen (secondary N) is 1. The largest absolute Gasteiger partial charge is 0.444 e. The fraction of sp³-hybridized carbons (Fsp3) is 0.400. The van der Waals surface area contributed by atoms with Crippen LogP contribution in [0.15, 0.2) is 24.3 Å². The lowest BCUT2D eigenvalue weighted by atomic mass is 10.1. The van der Waals surface area contributed by atoms with Crippen LogP contribution >= 0.6 is 0 Å². The molecule has 0 aliphatic carbocycles. The van der Waals surface area contributed by atoms with Gasteiger partial charge in [-0.05, 0) is 20.8 Å². The molecule has 0 aromatic heterocycles. The van der Waals surface area contributed by atoms with Crippen LogP contribution in [0.2, 0.25) is 0 Å². The van der Waals surface area contributed by atoms with Gasteiger partial charge in [0.25, 0.3) is 0 Å². The van der Waals surface area contributed by atoms with Gasteiger partial charge in [0.05, 0.1) is 13.1 Å². The SMILES string of the molecule is [C-]#[N+]c1cccc(CC(=O)CNC(=O)OC(C)(C)C)c1. The first-order valence-electron chi connectivity index (χ1n) is 6.25. The number of nitrogens with zero attached hydrogens (tertiary/aromatic N) is 1. The lowest BCUT2D eigenvalue weighted by Crippen LogP contribution is -2.35. The van der Waals surface area contributed by atoms with E-state index >= 15 is 0 Å². The zero-order valence-electron chi connectivity index (χ0n) is 11.9. The maximum atomic E-state index is 11.7. The number of ketones is 1. The van der Waals surface area contributed by atoms with E-state index in [1.807, 2.05) is 0 Å². The van der Waals surface area contributed by atoms with Crippen molar-refractivity contribution in [1.82, 2.24) is 5.32 Å². The number of amides is 1. The molecule has 0 atom stereocenters. The van der Waals surface area contributed by atoms with Gasteiger partial charge in [-0.3, -0.25) is 4.79 Å². The fourth-order valence-corrected chi connectivity index (χ4v) is 1.51. The Morgan fingerprint density at radius 2 is 2.05 bits per heavy atom. The Morgan fingerprint density at radius 1 is 1.35 bits per heavy atom. The van der Waals surface area contributed by atoms with Crippen LogP contribution in [0.5, 0.6) is 0 Å². The van der Waals surface area contributed by atoms with E-state index in [1.165, 1.54) is 0 Å². The van der Waals surface area contributed by atoms with Crippen molar-refractivity contribution in [2.45, 2.75) is 32.8 Å². The number of carbonyl (C=O) groups excluding carboxylic acids is 2. The summed E-state index contributed by atoms with van der Waals surface area (Å²) < 4.78 is 5.03. The minimum Gasteiger partial charge on any atom is -0.444 e. The van der Waals surface area contributed by atoms with Crippen molar-refractivity contribution < 1.29 is 14.3 Å². The molecule has 0 saturated carbocycles. The van der Waals surface area contributed by atoms with Gasteiger partial charge in [0.2, 0.25) is 0 Å². The third-order valence-electron chi connectivity index (χ3n) is 2.27. The summed E-state index contributed by atoms with van der Waals surface area (Å²) in [4.78, 5) is 26.4. The summed E-state index contributed by atoms with van der Waals surface area (Å²) >= 11 is 0. The standard InChI is InChI=1S/C15H18N2O3/c1-15(2,3)20-14(19)17-10-13(18)9-11-6-5-7-12(8-11)16-4/h5-8H,9-10H2,1-3H3,(H,17,19). The number of carbonyl (C=O) groups is 2. The Bertz CT molecular complexity index is 539. The maximum absolute atomic E-state index is 11.7. The lowest BCUT2D eigenvalue weighted by Gasteiger charge is -2.19. The second kappa shape index (κ2) is 6.71. The third-order valence-corrected chi connectivity index (χ3v) is 2.27. The van der Waals surface area contributed by atoms with E-state index in [0.29, 0.717) is 5.69 Å². The monoisotopic (exact) mass is 274 g/mol. The van der Waals surface area contributed by atoms with Crippen LogP contribution in [0.4, 0.5) is 10.5 Å². The van der Waals surface area contributed by atoms with Crippen molar-refractivity contribution in [3.05, 3.63) is 41.2 Å². The van der Waals surface area contributed by atoms with E-state index in [1.54, 1.807) is 45.0 Å². The summed E-state index contributed by atoms with van der Waals surface area (Å²) in [6.07, 6.45) is -0.431. The molecule has 1 N–H and O–H groups in total. The first-order chi connectivity index (χ1) is 9.30. The Kier molecular flexibility index (Phi) is 5.27. The number of rotatable bonds is 4. The maximum Gasteiger partial charge on any atom is 0.408 e. The van der Waals surface area contributed by atoms with Crippen molar-refractivity contribution in [3.63, 3.8) is 0 Å². The van der Waals surface area contributed by atoms with Crippen molar-refractivity contribution in [2.75, 3.05) is 6.54 Å². The first-order valence-corrected chi connectivity index (χ1v) is 6.25. The Hall–Kier alpha value is -2.35. The highest BCUT2D eigenvalue weighted by molar-refractivity contribution is 5.86. The summed E-state index contributed by atoms with van der Waals surface area (Å²) in [5.74, 6) is -0.141. The van der Waals surface area contributed by atoms with Crippen molar-refractivity contribution >= 4 is 17.6 Å². The normalized spacial score (nSPS) is 10.5. The van der Waals surface area contributed by atoms with Gasteiger partial charge in [-0.2, -0.15) is 0 Å². The smallest absolute Gasteiger partial charge is 0.408 e. The Morgan fingerprint density at radius 3 is 2.65 bits per heavy atom. The van der Waals surface area contributed by atoms with Gasteiger partial charge in [0.15, 0.2) is 11.5 Å². The Labute approximate surface area is 118 Å². The van der Waals surface area contributed by atoms with Crippen LogP contribution in [0.25, 0.3) is 4.85 Å². The summed E-state index contributed by atoms with van der Waals surface area (Å²) in [5, 5.41) is 2.42. The summed E-state index contributed by atoms with van der Waals surface area (Å²) in [7, 11) is 0. The number of ether oxygens (including phenoxy) is 1. The van der Waals surface area contributed by atoms with Crippen molar-refractivity contribution in [3.8, 4) is 0 Å². The predicted molar refractivity (Wildman–Crippen MR) is 75.7 cm³/mol. The summed E-state index contributed by atoms with van der Waals surface area (Å²) in [6.45, 7) is 12.1. The zero-order chi connectivity index (χ0) is 15.2. The van der Waals surface area contributed by atoms with Crippen LogP contribution in [-0.4, -0.2) is 24.0 Å². The van der Waals surface area contributed by atoms with E-state index in [4.69, 9.17) is 11.3 Å². The molecular weight excluding hydrogens is 256 g/mol. The van der Waals surface area contributed by atoms with Crippen molar-refractivity contribution in [1.29, 1.82) is 0 Å². The summed E-state index contributed by atoms with van der Waals surface area (Å²) in [5.41, 5.74) is 0.668.